The standard InChI is InChI=1S/C14H20ClFN2/c1-14(2,16)12-4-3-11(13(15)9-12)10-18-7-5-17-6-8-18/h3-4,9,17H,5-8,10H2,1-2H3. The van der Waals surface area contributed by atoms with Gasteiger partial charge in [0, 0.05) is 37.7 Å². The van der Waals surface area contributed by atoms with Gasteiger partial charge in [0.15, 0.2) is 0 Å². The van der Waals surface area contributed by atoms with Gasteiger partial charge in [-0.05, 0) is 31.0 Å². The van der Waals surface area contributed by atoms with Crippen molar-refractivity contribution >= 4 is 11.6 Å². The van der Waals surface area contributed by atoms with Gasteiger partial charge in [-0.3, -0.25) is 4.90 Å². The average Bonchev–Trinajstić information content (AvgIpc) is 2.32. The number of halogens is 2. The first-order valence-electron chi connectivity index (χ1n) is 6.38. The lowest BCUT2D eigenvalue weighted by atomic mass is 9.99. The zero-order valence-electron chi connectivity index (χ0n) is 11.0. The maximum absolute atomic E-state index is 13.8. The first kappa shape index (κ1) is 13.8. The fraction of sp³-hybridized carbons (Fsp3) is 0.571. The number of hydrogen-bond donors (Lipinski definition) is 1. The normalized spacial score (nSPS) is 18.0. The molecule has 1 saturated heterocycles. The zero-order valence-corrected chi connectivity index (χ0v) is 11.7. The molecular formula is C14H20ClFN2. The number of nitrogens with one attached hydrogen (secondary N) is 1. The lowest BCUT2D eigenvalue weighted by molar-refractivity contribution is 0.221. The van der Waals surface area contributed by atoms with Gasteiger partial charge in [-0.25, -0.2) is 4.39 Å². The maximum Gasteiger partial charge on any atom is 0.130 e. The molecule has 1 aromatic rings. The third-order valence-corrected chi connectivity index (χ3v) is 3.69. The van der Waals surface area contributed by atoms with Crippen molar-refractivity contribution < 1.29 is 4.39 Å². The van der Waals surface area contributed by atoms with Crippen LogP contribution in [-0.2, 0) is 12.2 Å². The van der Waals surface area contributed by atoms with Crippen LogP contribution < -0.4 is 5.32 Å². The van der Waals surface area contributed by atoms with Crippen LogP contribution in [0, 0.1) is 0 Å². The highest BCUT2D eigenvalue weighted by molar-refractivity contribution is 6.31. The van der Waals surface area contributed by atoms with Gasteiger partial charge in [0.1, 0.15) is 5.67 Å². The van der Waals surface area contributed by atoms with Crippen molar-refractivity contribution in [2.24, 2.45) is 0 Å². The van der Waals surface area contributed by atoms with Crippen LogP contribution in [0.4, 0.5) is 4.39 Å². The molecule has 18 heavy (non-hydrogen) atoms. The van der Waals surface area contributed by atoms with Gasteiger partial charge in [0.05, 0.1) is 0 Å². The summed E-state index contributed by atoms with van der Waals surface area (Å²) < 4.78 is 13.8. The Morgan fingerprint density at radius 3 is 2.56 bits per heavy atom. The predicted molar refractivity (Wildman–Crippen MR) is 73.7 cm³/mol. The number of alkyl halides is 1. The van der Waals surface area contributed by atoms with E-state index in [0.29, 0.717) is 10.6 Å². The minimum absolute atomic E-state index is 0.636. The predicted octanol–water partition coefficient (Wildman–Crippen LogP) is 2.95. The van der Waals surface area contributed by atoms with Gasteiger partial charge in [-0.1, -0.05) is 23.7 Å². The minimum Gasteiger partial charge on any atom is -0.314 e. The number of hydrogen-bond acceptors (Lipinski definition) is 2. The molecule has 2 rings (SSSR count). The van der Waals surface area contributed by atoms with Crippen molar-refractivity contribution in [1.29, 1.82) is 0 Å². The van der Waals surface area contributed by atoms with Gasteiger partial charge >= 0.3 is 0 Å². The first-order valence-corrected chi connectivity index (χ1v) is 6.75. The van der Waals surface area contributed by atoms with Crippen LogP contribution in [0.15, 0.2) is 18.2 Å². The van der Waals surface area contributed by atoms with Crippen LogP contribution in [0.25, 0.3) is 0 Å². The number of benzene rings is 1. The van der Waals surface area contributed by atoms with Crippen molar-refractivity contribution in [3.8, 4) is 0 Å². The molecule has 1 aromatic carbocycles. The van der Waals surface area contributed by atoms with Crippen molar-refractivity contribution in [1.82, 2.24) is 10.2 Å². The molecule has 0 bridgehead atoms. The molecule has 0 spiro atoms. The molecule has 1 heterocycles. The Labute approximate surface area is 113 Å². The van der Waals surface area contributed by atoms with Gasteiger partial charge in [0.2, 0.25) is 0 Å². The molecule has 0 aromatic heterocycles. The molecule has 1 fully saturated rings. The van der Waals surface area contributed by atoms with Crippen LogP contribution >= 0.6 is 11.6 Å². The lowest BCUT2D eigenvalue weighted by Gasteiger charge is -2.27. The topological polar surface area (TPSA) is 15.3 Å². The fourth-order valence-electron chi connectivity index (χ4n) is 2.16. The largest absolute Gasteiger partial charge is 0.314 e. The summed E-state index contributed by atoms with van der Waals surface area (Å²) in [7, 11) is 0. The highest BCUT2D eigenvalue weighted by atomic mass is 35.5. The van der Waals surface area contributed by atoms with Crippen LogP contribution in [-0.4, -0.2) is 31.1 Å². The van der Waals surface area contributed by atoms with E-state index < -0.39 is 5.67 Å². The van der Waals surface area contributed by atoms with E-state index in [2.05, 4.69) is 10.2 Å². The molecule has 1 N–H and O–H groups in total. The molecule has 2 nitrogen and oxygen atoms in total. The fourth-order valence-corrected chi connectivity index (χ4v) is 2.40. The van der Waals surface area contributed by atoms with E-state index in [9.17, 15) is 4.39 Å². The number of piperazine rings is 1. The Morgan fingerprint density at radius 2 is 2.00 bits per heavy atom. The first-order chi connectivity index (χ1) is 8.47. The number of nitrogens with zero attached hydrogens (tertiary/aromatic N) is 1. The quantitative estimate of drug-likeness (QED) is 0.909. The van der Waals surface area contributed by atoms with Crippen molar-refractivity contribution in [2.75, 3.05) is 26.2 Å². The second kappa shape index (κ2) is 5.55. The second-order valence-corrected chi connectivity index (χ2v) is 5.71. The summed E-state index contributed by atoms with van der Waals surface area (Å²) in [6, 6.07) is 5.53. The Balaban J connectivity index is 2.09. The summed E-state index contributed by atoms with van der Waals surface area (Å²) >= 11 is 6.25. The minimum atomic E-state index is -1.34. The SMILES string of the molecule is CC(C)(F)c1ccc(CN2CCNCC2)c(Cl)c1. The van der Waals surface area contributed by atoms with Gasteiger partial charge in [-0.2, -0.15) is 0 Å². The molecule has 0 unspecified atom stereocenters. The smallest absolute Gasteiger partial charge is 0.130 e. The van der Waals surface area contributed by atoms with E-state index >= 15 is 0 Å². The van der Waals surface area contributed by atoms with E-state index in [1.165, 1.54) is 0 Å². The summed E-state index contributed by atoms with van der Waals surface area (Å²) in [6.07, 6.45) is 0. The monoisotopic (exact) mass is 270 g/mol. The highest BCUT2D eigenvalue weighted by Gasteiger charge is 2.20. The van der Waals surface area contributed by atoms with E-state index in [1.54, 1.807) is 19.9 Å². The van der Waals surface area contributed by atoms with Crippen molar-refractivity contribution in [2.45, 2.75) is 26.1 Å². The molecule has 4 heteroatoms. The second-order valence-electron chi connectivity index (χ2n) is 5.30. The molecule has 100 valence electrons. The molecule has 0 aliphatic carbocycles. The number of rotatable bonds is 3. The Hall–Kier alpha value is -0.640. The Kier molecular flexibility index (Phi) is 4.25. The molecule has 0 saturated carbocycles. The zero-order chi connectivity index (χ0) is 13.2. The van der Waals surface area contributed by atoms with E-state index in [4.69, 9.17) is 11.6 Å². The average molecular weight is 271 g/mol. The van der Waals surface area contributed by atoms with Gasteiger partial charge in [-0.15, -0.1) is 0 Å². The lowest BCUT2D eigenvalue weighted by Crippen LogP contribution is -2.42. The third kappa shape index (κ3) is 3.44. The van der Waals surface area contributed by atoms with Gasteiger partial charge < -0.3 is 5.32 Å². The van der Waals surface area contributed by atoms with Crippen molar-refractivity contribution in [3.63, 3.8) is 0 Å². The van der Waals surface area contributed by atoms with E-state index in [-0.39, 0.29) is 0 Å². The summed E-state index contributed by atoms with van der Waals surface area (Å²) in [5, 5.41) is 3.98. The molecule has 1 aliphatic heterocycles. The highest BCUT2D eigenvalue weighted by Crippen LogP contribution is 2.29. The van der Waals surface area contributed by atoms with Crippen LogP contribution in [0.2, 0.25) is 5.02 Å². The Bertz CT molecular complexity index is 409. The molecule has 1 aliphatic rings. The summed E-state index contributed by atoms with van der Waals surface area (Å²) in [4.78, 5) is 2.36. The molecule has 0 atom stereocenters. The van der Waals surface area contributed by atoms with Crippen LogP contribution in [0.5, 0.6) is 0 Å². The van der Waals surface area contributed by atoms with Crippen LogP contribution in [0.1, 0.15) is 25.0 Å². The molecule has 0 amide bonds. The maximum atomic E-state index is 13.8. The molecule has 0 radical (unpaired) electrons. The summed E-state index contributed by atoms with van der Waals surface area (Å²) in [6.45, 7) is 8.05. The van der Waals surface area contributed by atoms with E-state index in [1.807, 2.05) is 12.1 Å². The van der Waals surface area contributed by atoms with Gasteiger partial charge in [0.25, 0.3) is 0 Å². The molecular weight excluding hydrogens is 251 g/mol. The summed E-state index contributed by atoms with van der Waals surface area (Å²) in [5.41, 5.74) is 0.375. The van der Waals surface area contributed by atoms with Crippen LogP contribution in [0.3, 0.4) is 0 Å². The van der Waals surface area contributed by atoms with E-state index in [0.717, 1.165) is 38.3 Å². The van der Waals surface area contributed by atoms with Crippen molar-refractivity contribution in [3.05, 3.63) is 34.3 Å². The third-order valence-electron chi connectivity index (χ3n) is 3.34. The summed E-state index contributed by atoms with van der Waals surface area (Å²) in [5.74, 6) is 0. The Morgan fingerprint density at radius 1 is 1.33 bits per heavy atom.